The highest BCUT2D eigenvalue weighted by Gasteiger charge is 2.17. The molecule has 0 atom stereocenters. The molecule has 0 N–H and O–H groups in total. The summed E-state index contributed by atoms with van der Waals surface area (Å²) in [6.07, 6.45) is 3.04. The fourth-order valence-corrected chi connectivity index (χ4v) is 2.96. The molecule has 0 spiro atoms. The van der Waals surface area contributed by atoms with Gasteiger partial charge in [0, 0.05) is 12.6 Å². The lowest BCUT2D eigenvalue weighted by atomic mass is 10.3. The first-order chi connectivity index (χ1) is 10.3. The van der Waals surface area contributed by atoms with Gasteiger partial charge in [0.1, 0.15) is 11.6 Å². The predicted octanol–water partition coefficient (Wildman–Crippen LogP) is 2.55. The van der Waals surface area contributed by atoms with Gasteiger partial charge in [-0.05, 0) is 38.1 Å². The first-order valence-corrected chi connectivity index (χ1v) is 7.44. The summed E-state index contributed by atoms with van der Waals surface area (Å²) in [5.41, 5.74) is 2.03. The summed E-state index contributed by atoms with van der Waals surface area (Å²) in [6.45, 7) is 3.85. The maximum absolute atomic E-state index is 8.88. The Morgan fingerprint density at radius 1 is 1.33 bits per heavy atom. The molecule has 110 valence electrons. The number of imidazole rings is 1. The summed E-state index contributed by atoms with van der Waals surface area (Å²) in [6, 6.07) is 8.18. The number of fused-ring (bicyclic) bond motifs is 1. The van der Waals surface area contributed by atoms with Crippen LogP contribution in [0.3, 0.4) is 0 Å². The van der Waals surface area contributed by atoms with E-state index in [1.54, 1.807) is 7.11 Å². The van der Waals surface area contributed by atoms with Gasteiger partial charge in [0.25, 0.3) is 0 Å². The number of rotatable bonds is 5. The van der Waals surface area contributed by atoms with Gasteiger partial charge in [0.05, 0.1) is 37.2 Å². The summed E-state index contributed by atoms with van der Waals surface area (Å²) in [5, 5.41) is 8.88. The minimum absolute atomic E-state index is 0.504. The fraction of sp³-hybridized carbons (Fsp3) is 0.500. The lowest BCUT2D eigenvalue weighted by Gasteiger charge is -2.15. The molecule has 1 saturated heterocycles. The number of ether oxygens (including phenoxy) is 1. The van der Waals surface area contributed by atoms with Crippen molar-refractivity contribution in [2.24, 2.45) is 0 Å². The van der Waals surface area contributed by atoms with E-state index in [9.17, 15) is 0 Å². The first kappa shape index (κ1) is 13.9. The normalized spacial score (nSPS) is 15.4. The maximum atomic E-state index is 8.88. The van der Waals surface area contributed by atoms with Gasteiger partial charge in [-0.25, -0.2) is 4.98 Å². The standard InChI is InChI=1S/C16H20N4O/c1-21-13-5-6-15-14(11-13)18-16(20(15)10-4-7-17)12-19-8-2-3-9-19/h5-6,11H,2-4,8-10,12H2,1H3. The van der Waals surface area contributed by atoms with Crippen molar-refractivity contribution >= 4 is 11.0 Å². The number of methoxy groups -OCH3 is 1. The van der Waals surface area contributed by atoms with Crippen LogP contribution in [0.15, 0.2) is 18.2 Å². The smallest absolute Gasteiger partial charge is 0.124 e. The van der Waals surface area contributed by atoms with Gasteiger partial charge in [0.15, 0.2) is 0 Å². The molecular weight excluding hydrogens is 264 g/mol. The Hall–Kier alpha value is -2.06. The van der Waals surface area contributed by atoms with E-state index in [0.29, 0.717) is 13.0 Å². The summed E-state index contributed by atoms with van der Waals surface area (Å²) in [5.74, 6) is 1.87. The SMILES string of the molecule is COc1ccc2c(c1)nc(CN1CCCC1)n2CCC#N. The molecule has 0 bridgehead atoms. The molecule has 1 aromatic heterocycles. The fourth-order valence-electron chi connectivity index (χ4n) is 2.96. The first-order valence-electron chi connectivity index (χ1n) is 7.44. The second-order valence-corrected chi connectivity index (χ2v) is 5.43. The molecule has 1 aliphatic heterocycles. The molecule has 21 heavy (non-hydrogen) atoms. The molecule has 2 aromatic rings. The maximum Gasteiger partial charge on any atom is 0.124 e. The highest BCUT2D eigenvalue weighted by molar-refractivity contribution is 5.77. The zero-order valence-electron chi connectivity index (χ0n) is 12.4. The van der Waals surface area contributed by atoms with Crippen LogP contribution in [0.4, 0.5) is 0 Å². The highest BCUT2D eigenvalue weighted by atomic mass is 16.5. The molecule has 0 radical (unpaired) electrons. The Kier molecular flexibility index (Phi) is 4.07. The number of hydrogen-bond acceptors (Lipinski definition) is 4. The van der Waals surface area contributed by atoms with E-state index < -0.39 is 0 Å². The van der Waals surface area contributed by atoms with Gasteiger partial charge in [-0.1, -0.05) is 0 Å². The van der Waals surface area contributed by atoms with Crippen molar-refractivity contribution in [2.75, 3.05) is 20.2 Å². The zero-order chi connectivity index (χ0) is 14.7. The van der Waals surface area contributed by atoms with Crippen molar-refractivity contribution in [1.29, 1.82) is 5.26 Å². The molecule has 5 heteroatoms. The number of nitrogens with zero attached hydrogens (tertiary/aromatic N) is 4. The number of aryl methyl sites for hydroxylation is 1. The molecule has 0 amide bonds. The van der Waals surface area contributed by atoms with E-state index >= 15 is 0 Å². The van der Waals surface area contributed by atoms with Gasteiger partial charge in [-0.15, -0.1) is 0 Å². The quantitative estimate of drug-likeness (QED) is 0.846. The minimum atomic E-state index is 0.504. The molecule has 1 aliphatic rings. The van der Waals surface area contributed by atoms with Crippen molar-refractivity contribution in [1.82, 2.24) is 14.5 Å². The molecule has 2 heterocycles. The Labute approximate surface area is 124 Å². The Morgan fingerprint density at radius 2 is 2.14 bits per heavy atom. The summed E-state index contributed by atoms with van der Waals surface area (Å²) < 4.78 is 7.45. The summed E-state index contributed by atoms with van der Waals surface area (Å²) in [4.78, 5) is 7.20. The molecule has 3 rings (SSSR count). The third-order valence-corrected chi connectivity index (χ3v) is 4.05. The second kappa shape index (κ2) is 6.15. The predicted molar refractivity (Wildman–Crippen MR) is 81.0 cm³/mol. The molecule has 1 fully saturated rings. The van der Waals surface area contributed by atoms with Gasteiger partial charge in [-0.3, -0.25) is 4.90 Å². The summed E-state index contributed by atoms with van der Waals surface area (Å²) >= 11 is 0. The largest absolute Gasteiger partial charge is 0.497 e. The van der Waals surface area contributed by atoms with E-state index in [1.165, 1.54) is 12.8 Å². The van der Waals surface area contributed by atoms with Crippen LogP contribution in [0.5, 0.6) is 5.75 Å². The average molecular weight is 284 g/mol. The van der Waals surface area contributed by atoms with Crippen LogP contribution in [-0.4, -0.2) is 34.7 Å². The van der Waals surface area contributed by atoms with E-state index in [2.05, 4.69) is 15.5 Å². The number of hydrogen-bond donors (Lipinski definition) is 0. The van der Waals surface area contributed by atoms with Crippen molar-refractivity contribution in [2.45, 2.75) is 32.4 Å². The molecule has 0 unspecified atom stereocenters. The van der Waals surface area contributed by atoms with E-state index in [4.69, 9.17) is 15.0 Å². The lowest BCUT2D eigenvalue weighted by molar-refractivity contribution is 0.317. The van der Waals surface area contributed by atoms with Gasteiger partial charge in [-0.2, -0.15) is 5.26 Å². The Morgan fingerprint density at radius 3 is 2.86 bits per heavy atom. The van der Waals surface area contributed by atoms with Crippen molar-refractivity contribution < 1.29 is 4.74 Å². The highest BCUT2D eigenvalue weighted by Crippen LogP contribution is 2.23. The molecule has 0 saturated carbocycles. The Balaban J connectivity index is 1.97. The van der Waals surface area contributed by atoms with Crippen LogP contribution >= 0.6 is 0 Å². The van der Waals surface area contributed by atoms with E-state index in [1.807, 2.05) is 18.2 Å². The monoisotopic (exact) mass is 284 g/mol. The average Bonchev–Trinajstić information content (AvgIpc) is 3.12. The molecule has 5 nitrogen and oxygen atoms in total. The van der Waals surface area contributed by atoms with Crippen LogP contribution in [0.25, 0.3) is 11.0 Å². The number of benzene rings is 1. The van der Waals surface area contributed by atoms with Crippen LogP contribution in [0, 0.1) is 11.3 Å². The van der Waals surface area contributed by atoms with Crippen molar-refractivity contribution in [3.05, 3.63) is 24.0 Å². The Bertz CT molecular complexity index is 665. The van der Waals surface area contributed by atoms with Crippen LogP contribution < -0.4 is 4.74 Å². The van der Waals surface area contributed by atoms with E-state index in [-0.39, 0.29) is 0 Å². The van der Waals surface area contributed by atoms with Crippen LogP contribution in [-0.2, 0) is 13.1 Å². The third kappa shape index (κ3) is 2.86. The summed E-state index contributed by atoms with van der Waals surface area (Å²) in [7, 11) is 1.67. The number of likely N-dealkylation sites (tertiary alicyclic amines) is 1. The number of nitriles is 1. The molecule has 0 aliphatic carbocycles. The minimum Gasteiger partial charge on any atom is -0.497 e. The van der Waals surface area contributed by atoms with Crippen molar-refractivity contribution in [3.63, 3.8) is 0 Å². The van der Waals surface area contributed by atoms with Crippen LogP contribution in [0.1, 0.15) is 25.1 Å². The topological polar surface area (TPSA) is 54.1 Å². The lowest BCUT2D eigenvalue weighted by Crippen LogP contribution is -2.21. The second-order valence-electron chi connectivity index (χ2n) is 5.43. The van der Waals surface area contributed by atoms with Gasteiger partial charge < -0.3 is 9.30 Å². The van der Waals surface area contributed by atoms with Gasteiger partial charge in [0.2, 0.25) is 0 Å². The zero-order valence-corrected chi connectivity index (χ0v) is 12.4. The molecule has 1 aromatic carbocycles. The van der Waals surface area contributed by atoms with Crippen molar-refractivity contribution in [3.8, 4) is 11.8 Å². The third-order valence-electron chi connectivity index (χ3n) is 4.05. The number of aromatic nitrogens is 2. The molecular formula is C16H20N4O. The van der Waals surface area contributed by atoms with E-state index in [0.717, 1.165) is 42.2 Å². The van der Waals surface area contributed by atoms with Crippen LogP contribution in [0.2, 0.25) is 0 Å². The van der Waals surface area contributed by atoms with Gasteiger partial charge >= 0.3 is 0 Å².